The van der Waals surface area contributed by atoms with Crippen molar-refractivity contribution in [1.29, 1.82) is 0 Å². The monoisotopic (exact) mass is 442 g/mol. The molecular weight excluding hydrogens is 416 g/mol. The van der Waals surface area contributed by atoms with E-state index in [1.165, 1.54) is 11.1 Å². The van der Waals surface area contributed by atoms with Gasteiger partial charge in [0, 0.05) is 6.54 Å². The molecule has 0 bridgehead atoms. The minimum absolute atomic E-state index is 0.205. The van der Waals surface area contributed by atoms with Gasteiger partial charge >= 0.3 is 11.7 Å². The van der Waals surface area contributed by atoms with E-state index >= 15 is 0 Å². The summed E-state index contributed by atoms with van der Waals surface area (Å²) >= 11 is 0. The third-order valence-corrected chi connectivity index (χ3v) is 6.04. The largest absolute Gasteiger partial charge is 0.493 e. The number of ether oxygens (including phenoxy) is 1. The van der Waals surface area contributed by atoms with E-state index in [2.05, 4.69) is 50.9 Å². The number of hydrogen-bond acceptors (Lipinski definition) is 3. The van der Waals surface area contributed by atoms with Gasteiger partial charge < -0.3 is 25.3 Å². The first-order valence-electron chi connectivity index (χ1n) is 11.2. The molecule has 33 heavy (non-hydrogen) atoms. The van der Waals surface area contributed by atoms with Crippen LogP contribution in [0.4, 0.5) is 4.79 Å². The van der Waals surface area contributed by atoms with E-state index in [9.17, 15) is 9.59 Å². The van der Waals surface area contributed by atoms with Crippen LogP contribution in [0.2, 0.25) is 0 Å². The minimum atomic E-state index is -0.246. The third-order valence-electron chi connectivity index (χ3n) is 6.04. The molecule has 0 spiro atoms. The van der Waals surface area contributed by atoms with Gasteiger partial charge in [0.15, 0.2) is 0 Å². The van der Waals surface area contributed by atoms with E-state index in [0.29, 0.717) is 6.54 Å². The summed E-state index contributed by atoms with van der Waals surface area (Å²) in [6.07, 6.45) is 2.11. The summed E-state index contributed by atoms with van der Waals surface area (Å²) in [4.78, 5) is 29.3. The lowest BCUT2D eigenvalue weighted by Crippen LogP contribution is -2.36. The normalized spacial score (nSPS) is 13.7. The molecule has 0 saturated heterocycles. The van der Waals surface area contributed by atoms with Crippen LogP contribution in [-0.2, 0) is 13.0 Å². The topological polar surface area (TPSA) is 99.0 Å². The first-order valence-corrected chi connectivity index (χ1v) is 11.2. The maximum Gasteiger partial charge on any atom is 0.323 e. The maximum atomic E-state index is 12.4. The summed E-state index contributed by atoms with van der Waals surface area (Å²) in [6.45, 7) is 3.13. The van der Waals surface area contributed by atoms with E-state index in [0.717, 1.165) is 52.9 Å². The van der Waals surface area contributed by atoms with Crippen LogP contribution in [0.15, 0.2) is 65.5 Å². The number of aryl methyl sites for hydroxylation is 1. The highest BCUT2D eigenvalue weighted by atomic mass is 16.5. The first kappa shape index (κ1) is 20.9. The van der Waals surface area contributed by atoms with Crippen LogP contribution < -0.4 is 21.1 Å². The van der Waals surface area contributed by atoms with Crippen LogP contribution >= 0.6 is 0 Å². The summed E-state index contributed by atoms with van der Waals surface area (Å²) < 4.78 is 5.70. The van der Waals surface area contributed by atoms with Gasteiger partial charge in [-0.05, 0) is 71.8 Å². The van der Waals surface area contributed by atoms with Gasteiger partial charge in [0.05, 0.1) is 23.7 Å². The number of fused-ring (bicyclic) bond motifs is 2. The van der Waals surface area contributed by atoms with Gasteiger partial charge in [-0.1, -0.05) is 36.4 Å². The lowest BCUT2D eigenvalue weighted by atomic mass is 9.98. The second-order valence-corrected chi connectivity index (χ2v) is 8.40. The average Bonchev–Trinajstić information content (AvgIpc) is 3.22. The Hall–Kier alpha value is -4.00. The van der Waals surface area contributed by atoms with Crippen molar-refractivity contribution >= 4 is 17.1 Å². The molecule has 7 heteroatoms. The van der Waals surface area contributed by atoms with E-state index < -0.39 is 0 Å². The average molecular weight is 443 g/mol. The summed E-state index contributed by atoms with van der Waals surface area (Å²) in [5.41, 5.74) is 6.73. The van der Waals surface area contributed by atoms with Gasteiger partial charge in [0.1, 0.15) is 5.75 Å². The highest BCUT2D eigenvalue weighted by Gasteiger charge is 2.12. The molecule has 1 aliphatic heterocycles. The Balaban J connectivity index is 1.17. The molecule has 1 aliphatic rings. The Kier molecular flexibility index (Phi) is 5.60. The smallest absolute Gasteiger partial charge is 0.323 e. The molecule has 1 unspecified atom stereocenters. The molecule has 3 aromatic carbocycles. The van der Waals surface area contributed by atoms with Gasteiger partial charge in [-0.2, -0.15) is 0 Å². The van der Waals surface area contributed by atoms with Gasteiger partial charge in [0.2, 0.25) is 0 Å². The number of aromatic nitrogens is 2. The molecular formula is C26H26N4O3. The predicted octanol–water partition coefficient (Wildman–Crippen LogP) is 4.41. The second-order valence-electron chi connectivity index (χ2n) is 8.40. The number of benzene rings is 3. The highest BCUT2D eigenvalue weighted by molar-refractivity contribution is 5.77. The molecule has 0 fully saturated rings. The van der Waals surface area contributed by atoms with Crippen LogP contribution in [0, 0.1) is 0 Å². The number of rotatable bonds is 5. The summed E-state index contributed by atoms with van der Waals surface area (Å²) in [5.74, 6) is 0.993. The van der Waals surface area contributed by atoms with Crippen molar-refractivity contribution in [3.63, 3.8) is 0 Å². The lowest BCUT2D eigenvalue weighted by molar-refractivity contribution is 0.237. The van der Waals surface area contributed by atoms with E-state index in [-0.39, 0.29) is 17.8 Å². The number of aromatic amines is 2. The Morgan fingerprint density at radius 3 is 2.64 bits per heavy atom. The van der Waals surface area contributed by atoms with Crippen molar-refractivity contribution in [3.05, 3.63) is 87.8 Å². The van der Waals surface area contributed by atoms with Gasteiger partial charge in [-0.15, -0.1) is 0 Å². The second kappa shape index (κ2) is 8.86. The van der Waals surface area contributed by atoms with Crippen LogP contribution in [0.3, 0.4) is 0 Å². The first-order chi connectivity index (χ1) is 16.0. The number of urea groups is 1. The Morgan fingerprint density at radius 1 is 1.00 bits per heavy atom. The van der Waals surface area contributed by atoms with E-state index in [1.807, 2.05) is 37.3 Å². The van der Waals surface area contributed by atoms with Gasteiger partial charge in [-0.3, -0.25) is 0 Å². The fourth-order valence-corrected chi connectivity index (χ4v) is 4.19. The predicted molar refractivity (Wildman–Crippen MR) is 128 cm³/mol. The quantitative estimate of drug-likeness (QED) is 0.368. The molecule has 0 saturated carbocycles. The molecule has 0 aliphatic carbocycles. The number of nitrogens with one attached hydrogen (secondary N) is 4. The standard InChI is InChI=1S/C26H26N4O3/c1-16(19-8-10-22-23(14-19)30-26(32)29-22)28-25(31)27-15-17-4-6-18(7-5-17)20-9-11-24-21(13-20)3-2-12-33-24/h4-11,13-14,16H,2-3,12,15H2,1H3,(H2,27,28,31)(H2,29,30,32). The maximum absolute atomic E-state index is 12.4. The number of carbonyl (C=O) groups is 1. The SMILES string of the molecule is CC(NC(=O)NCc1ccc(-c2ccc3c(c2)CCCO3)cc1)c1ccc2[nH]c(=O)[nH]c2c1. The zero-order valence-electron chi connectivity index (χ0n) is 18.4. The number of amides is 2. The molecule has 7 nitrogen and oxygen atoms in total. The summed E-state index contributed by atoms with van der Waals surface area (Å²) in [7, 11) is 0. The van der Waals surface area contributed by atoms with Crippen LogP contribution in [-0.4, -0.2) is 22.6 Å². The molecule has 4 aromatic rings. The van der Waals surface area contributed by atoms with Crippen LogP contribution in [0.25, 0.3) is 22.2 Å². The summed E-state index contributed by atoms with van der Waals surface area (Å²) in [6, 6.07) is 19.7. The lowest BCUT2D eigenvalue weighted by Gasteiger charge is -2.18. The molecule has 0 radical (unpaired) electrons. The summed E-state index contributed by atoms with van der Waals surface area (Å²) in [5, 5.41) is 5.85. The van der Waals surface area contributed by atoms with Crippen molar-refractivity contribution in [1.82, 2.24) is 20.6 Å². The van der Waals surface area contributed by atoms with E-state index in [4.69, 9.17) is 4.74 Å². The molecule has 1 aromatic heterocycles. The number of carbonyl (C=O) groups excluding carboxylic acids is 1. The molecule has 4 N–H and O–H groups in total. The molecule has 168 valence electrons. The zero-order valence-corrected chi connectivity index (χ0v) is 18.4. The van der Waals surface area contributed by atoms with Crippen LogP contribution in [0.1, 0.15) is 36.1 Å². The van der Waals surface area contributed by atoms with Crippen molar-refractivity contribution in [2.45, 2.75) is 32.4 Å². The van der Waals surface area contributed by atoms with Crippen molar-refractivity contribution in [3.8, 4) is 16.9 Å². The fourth-order valence-electron chi connectivity index (χ4n) is 4.19. The van der Waals surface area contributed by atoms with Gasteiger partial charge in [-0.25, -0.2) is 9.59 Å². The van der Waals surface area contributed by atoms with E-state index in [1.54, 1.807) is 0 Å². The third kappa shape index (κ3) is 4.62. The molecule has 1 atom stereocenters. The minimum Gasteiger partial charge on any atom is -0.493 e. The Morgan fingerprint density at radius 2 is 1.79 bits per heavy atom. The van der Waals surface area contributed by atoms with Gasteiger partial charge in [0.25, 0.3) is 0 Å². The Bertz CT molecular complexity index is 1350. The number of H-pyrrole nitrogens is 2. The molecule has 5 rings (SSSR count). The molecule has 2 heterocycles. The Labute approximate surface area is 191 Å². The fraction of sp³-hybridized carbons (Fsp3) is 0.231. The zero-order chi connectivity index (χ0) is 22.8. The highest BCUT2D eigenvalue weighted by Crippen LogP contribution is 2.30. The van der Waals surface area contributed by atoms with Crippen molar-refractivity contribution in [2.75, 3.05) is 6.61 Å². The number of imidazole rings is 1. The van der Waals surface area contributed by atoms with Crippen molar-refractivity contribution in [2.24, 2.45) is 0 Å². The number of hydrogen-bond donors (Lipinski definition) is 4. The van der Waals surface area contributed by atoms with Crippen LogP contribution in [0.5, 0.6) is 5.75 Å². The molecule has 2 amide bonds. The van der Waals surface area contributed by atoms with Crippen molar-refractivity contribution < 1.29 is 9.53 Å².